The minimum absolute atomic E-state index is 0.0873. The molecule has 0 radical (unpaired) electrons. The average Bonchev–Trinajstić information content (AvgIpc) is 3.13. The Morgan fingerprint density at radius 3 is 2.78 bits per heavy atom. The molecule has 0 spiro atoms. The van der Waals surface area contributed by atoms with Gasteiger partial charge in [-0.05, 0) is 24.8 Å². The van der Waals surface area contributed by atoms with Crippen molar-refractivity contribution in [2.75, 3.05) is 0 Å². The Bertz CT molecular complexity index is 829. The van der Waals surface area contributed by atoms with Gasteiger partial charge in [0.2, 0.25) is 0 Å². The lowest BCUT2D eigenvalue weighted by Crippen LogP contribution is -2.45. The molecule has 0 saturated heterocycles. The van der Waals surface area contributed by atoms with E-state index in [-0.39, 0.29) is 23.9 Å². The molecule has 1 fully saturated rings. The van der Waals surface area contributed by atoms with Gasteiger partial charge in [-0.1, -0.05) is 43.7 Å². The van der Waals surface area contributed by atoms with Gasteiger partial charge in [0.25, 0.3) is 0 Å². The fraction of sp³-hybridized carbons (Fsp3) is 0.455. The highest BCUT2D eigenvalue weighted by atomic mass is 32.1. The van der Waals surface area contributed by atoms with E-state index in [9.17, 15) is 4.79 Å². The summed E-state index contributed by atoms with van der Waals surface area (Å²) in [4.78, 5) is 17.6. The molecule has 142 valence electrons. The van der Waals surface area contributed by atoms with Crippen molar-refractivity contribution in [2.24, 2.45) is 11.8 Å². The number of ketones is 1. The average molecular weight is 384 g/mol. The highest BCUT2D eigenvalue weighted by Crippen LogP contribution is 2.41. The van der Waals surface area contributed by atoms with Gasteiger partial charge in [-0.25, -0.2) is 4.98 Å². The predicted octanol–water partition coefficient (Wildman–Crippen LogP) is 4.78. The van der Waals surface area contributed by atoms with Crippen molar-refractivity contribution < 1.29 is 14.3 Å². The first-order chi connectivity index (χ1) is 13.2. The second-order valence-electron chi connectivity index (χ2n) is 7.45. The minimum atomic E-state index is -0.0918. The number of ether oxygens (including phenoxy) is 2. The Hall–Kier alpha value is -1.98. The number of hydrogen-bond acceptors (Lipinski definition) is 5. The lowest BCUT2D eigenvalue weighted by Gasteiger charge is -2.41. The molecule has 27 heavy (non-hydrogen) atoms. The van der Waals surface area contributed by atoms with Crippen molar-refractivity contribution >= 4 is 22.7 Å². The summed E-state index contributed by atoms with van der Waals surface area (Å²) in [6.45, 7) is 4.73. The third kappa shape index (κ3) is 3.85. The topological polar surface area (TPSA) is 48.4 Å². The maximum absolute atomic E-state index is 13.1. The molecule has 0 amide bonds. The number of thiazole rings is 1. The minimum Gasteiger partial charge on any atom is -0.496 e. The fourth-order valence-corrected chi connectivity index (χ4v) is 4.91. The molecule has 1 aliphatic carbocycles. The van der Waals surface area contributed by atoms with Crippen LogP contribution >= 0.6 is 11.3 Å². The van der Waals surface area contributed by atoms with Crippen LogP contribution in [0.15, 0.2) is 42.0 Å². The highest BCUT2D eigenvalue weighted by molar-refractivity contribution is 7.11. The van der Waals surface area contributed by atoms with Crippen LogP contribution in [0.25, 0.3) is 5.57 Å². The van der Waals surface area contributed by atoms with Crippen LogP contribution in [-0.4, -0.2) is 23.0 Å². The van der Waals surface area contributed by atoms with E-state index >= 15 is 0 Å². The Kier molecular flexibility index (Phi) is 5.41. The SMILES string of the molecule is CCC1CC2C(=O)C(c3nc(C)cs3)=COC2CC1OCc1ccccc1. The summed E-state index contributed by atoms with van der Waals surface area (Å²) in [7, 11) is 0. The van der Waals surface area contributed by atoms with E-state index in [0.717, 1.165) is 30.0 Å². The first kappa shape index (κ1) is 18.4. The van der Waals surface area contributed by atoms with Crippen LogP contribution in [0.2, 0.25) is 0 Å². The Labute approximate surface area is 164 Å². The van der Waals surface area contributed by atoms with Gasteiger partial charge in [0.15, 0.2) is 5.78 Å². The molecule has 1 saturated carbocycles. The highest BCUT2D eigenvalue weighted by Gasteiger charge is 2.44. The van der Waals surface area contributed by atoms with E-state index in [0.29, 0.717) is 18.1 Å². The van der Waals surface area contributed by atoms with Gasteiger partial charge >= 0.3 is 0 Å². The Balaban J connectivity index is 1.47. The third-order valence-corrected chi connectivity index (χ3v) is 6.63. The summed E-state index contributed by atoms with van der Waals surface area (Å²) in [6.07, 6.45) is 4.25. The number of Topliss-reactive ketones (excluding diaryl/α,β-unsaturated/α-hetero) is 1. The van der Waals surface area contributed by atoms with Gasteiger partial charge in [-0.15, -0.1) is 11.3 Å². The Morgan fingerprint density at radius 2 is 2.07 bits per heavy atom. The van der Waals surface area contributed by atoms with E-state index in [2.05, 4.69) is 24.0 Å². The van der Waals surface area contributed by atoms with Gasteiger partial charge in [0, 0.05) is 17.5 Å². The number of benzene rings is 1. The number of nitrogens with zero attached hydrogens (tertiary/aromatic N) is 1. The van der Waals surface area contributed by atoms with Crippen molar-refractivity contribution in [1.29, 1.82) is 0 Å². The maximum atomic E-state index is 13.1. The van der Waals surface area contributed by atoms with Crippen molar-refractivity contribution in [1.82, 2.24) is 4.98 Å². The van der Waals surface area contributed by atoms with Crippen LogP contribution in [0, 0.1) is 18.8 Å². The summed E-state index contributed by atoms with van der Waals surface area (Å²) in [6, 6.07) is 10.2. The normalized spacial score (nSPS) is 27.6. The molecule has 1 aromatic carbocycles. The molecule has 0 N–H and O–H groups in total. The van der Waals surface area contributed by atoms with Crippen LogP contribution in [0.3, 0.4) is 0 Å². The Morgan fingerprint density at radius 1 is 1.26 bits per heavy atom. The molecular weight excluding hydrogens is 358 g/mol. The van der Waals surface area contributed by atoms with Crippen LogP contribution in [0.5, 0.6) is 0 Å². The molecule has 0 bridgehead atoms. The lowest BCUT2D eigenvalue weighted by atomic mass is 9.72. The van der Waals surface area contributed by atoms with Gasteiger partial charge in [0.1, 0.15) is 11.1 Å². The molecule has 5 heteroatoms. The van der Waals surface area contributed by atoms with Crippen molar-refractivity contribution in [3.05, 3.63) is 58.2 Å². The number of carbonyl (C=O) groups is 1. The molecule has 2 heterocycles. The molecular formula is C22H25NO3S. The fourth-order valence-electron chi connectivity index (χ4n) is 4.10. The predicted molar refractivity (Wildman–Crippen MR) is 106 cm³/mol. The number of carbonyl (C=O) groups excluding carboxylic acids is 1. The number of rotatable bonds is 5. The van der Waals surface area contributed by atoms with Gasteiger partial charge in [0.05, 0.1) is 30.5 Å². The summed E-state index contributed by atoms with van der Waals surface area (Å²) >= 11 is 1.51. The van der Waals surface area contributed by atoms with E-state index in [4.69, 9.17) is 9.47 Å². The molecule has 2 aliphatic rings. The zero-order valence-corrected chi connectivity index (χ0v) is 16.6. The quantitative estimate of drug-likeness (QED) is 0.745. The number of aryl methyl sites for hydroxylation is 1. The molecule has 2 aromatic rings. The monoisotopic (exact) mass is 383 g/mol. The van der Waals surface area contributed by atoms with Crippen molar-refractivity contribution in [3.8, 4) is 0 Å². The summed E-state index contributed by atoms with van der Waals surface area (Å²) in [5.41, 5.74) is 2.75. The standard InChI is InChI=1S/C22H25NO3S/c1-3-16-9-17-20(10-19(16)25-11-15-7-5-4-6-8-15)26-12-18(21(17)24)22-23-14(2)13-27-22/h4-8,12-13,16-17,19-20H,3,9-11H2,1-2H3. The van der Waals surface area contributed by atoms with E-state index < -0.39 is 0 Å². The van der Waals surface area contributed by atoms with Gasteiger partial charge in [-0.2, -0.15) is 0 Å². The number of hydrogen-bond donors (Lipinski definition) is 0. The second kappa shape index (κ2) is 7.95. The van der Waals surface area contributed by atoms with Gasteiger partial charge in [-0.3, -0.25) is 4.79 Å². The van der Waals surface area contributed by atoms with E-state index in [1.165, 1.54) is 16.9 Å². The van der Waals surface area contributed by atoms with Crippen molar-refractivity contribution in [2.45, 2.75) is 51.9 Å². The smallest absolute Gasteiger partial charge is 0.175 e. The molecule has 4 rings (SSSR count). The van der Waals surface area contributed by atoms with Crippen LogP contribution in [0.1, 0.15) is 42.5 Å². The van der Waals surface area contributed by atoms with E-state index in [1.807, 2.05) is 30.5 Å². The molecule has 4 nitrogen and oxygen atoms in total. The number of allylic oxidation sites excluding steroid dienone is 1. The van der Waals surface area contributed by atoms with Crippen molar-refractivity contribution in [3.63, 3.8) is 0 Å². The van der Waals surface area contributed by atoms with Crippen LogP contribution in [0.4, 0.5) is 0 Å². The molecule has 1 aliphatic heterocycles. The van der Waals surface area contributed by atoms with Crippen LogP contribution < -0.4 is 0 Å². The second-order valence-corrected chi connectivity index (χ2v) is 8.30. The lowest BCUT2D eigenvalue weighted by molar-refractivity contribution is -0.133. The maximum Gasteiger partial charge on any atom is 0.175 e. The number of aromatic nitrogens is 1. The van der Waals surface area contributed by atoms with Crippen LogP contribution in [-0.2, 0) is 20.9 Å². The third-order valence-electron chi connectivity index (χ3n) is 5.64. The first-order valence-electron chi connectivity index (χ1n) is 9.63. The zero-order valence-electron chi connectivity index (χ0n) is 15.8. The van der Waals surface area contributed by atoms with E-state index in [1.54, 1.807) is 6.26 Å². The summed E-state index contributed by atoms with van der Waals surface area (Å²) < 4.78 is 12.3. The largest absolute Gasteiger partial charge is 0.496 e. The molecule has 4 unspecified atom stereocenters. The van der Waals surface area contributed by atoms with Gasteiger partial charge < -0.3 is 9.47 Å². The first-order valence-corrected chi connectivity index (χ1v) is 10.5. The summed E-state index contributed by atoms with van der Waals surface area (Å²) in [5, 5.41) is 2.74. The number of fused-ring (bicyclic) bond motifs is 1. The molecule has 1 aromatic heterocycles. The molecule has 4 atom stereocenters. The zero-order chi connectivity index (χ0) is 18.8. The summed E-state index contributed by atoms with van der Waals surface area (Å²) in [5.74, 6) is 0.469.